The van der Waals surface area contributed by atoms with Crippen LogP contribution in [0.15, 0.2) is 28.3 Å². The van der Waals surface area contributed by atoms with Gasteiger partial charge in [-0.3, -0.25) is 0 Å². The number of isocyanates is 1. The van der Waals surface area contributed by atoms with E-state index in [9.17, 15) is 17.6 Å². The number of morpholine rings is 1. The molecular formula is C10H10FN3O4S. The van der Waals surface area contributed by atoms with E-state index in [1.807, 2.05) is 0 Å². The zero-order chi connectivity index (χ0) is 13.9. The van der Waals surface area contributed by atoms with E-state index in [0.29, 0.717) is 0 Å². The topological polar surface area (TPSA) is 88.9 Å². The molecular weight excluding hydrogens is 277 g/mol. The number of hydrogen-bond donors (Lipinski definition) is 0. The van der Waals surface area contributed by atoms with Crippen LogP contribution in [0.5, 0.6) is 0 Å². The third kappa shape index (κ3) is 2.69. The Morgan fingerprint density at radius 1 is 1.58 bits per heavy atom. The van der Waals surface area contributed by atoms with Gasteiger partial charge in [-0.05, 0) is 12.1 Å². The van der Waals surface area contributed by atoms with Gasteiger partial charge in [0.15, 0.2) is 12.0 Å². The molecule has 7 nitrogen and oxygen atoms in total. The quantitative estimate of drug-likeness (QED) is 0.572. The Hall–Kier alpha value is -1.67. The molecule has 0 radical (unpaired) electrons. The van der Waals surface area contributed by atoms with E-state index >= 15 is 0 Å². The summed E-state index contributed by atoms with van der Waals surface area (Å²) in [6, 6.07) is 2.28. The third-order valence-corrected chi connectivity index (χ3v) is 4.37. The molecule has 1 aromatic heterocycles. The molecule has 0 saturated carbocycles. The summed E-state index contributed by atoms with van der Waals surface area (Å²) < 4.78 is 44.0. The number of ether oxygens (including phenoxy) is 1. The van der Waals surface area contributed by atoms with E-state index in [4.69, 9.17) is 4.74 Å². The van der Waals surface area contributed by atoms with E-state index in [-0.39, 0.29) is 19.8 Å². The lowest BCUT2D eigenvalue weighted by molar-refractivity contribution is 0.0357. The highest BCUT2D eigenvalue weighted by atomic mass is 32.2. The zero-order valence-electron chi connectivity index (χ0n) is 9.69. The predicted molar refractivity (Wildman–Crippen MR) is 60.8 cm³/mol. The van der Waals surface area contributed by atoms with Crippen molar-refractivity contribution in [3.8, 4) is 0 Å². The largest absolute Gasteiger partial charge is 0.376 e. The molecule has 1 aliphatic rings. The van der Waals surface area contributed by atoms with Crippen molar-refractivity contribution < 1.29 is 22.3 Å². The van der Waals surface area contributed by atoms with E-state index in [2.05, 4.69) is 9.98 Å². The number of aromatic nitrogens is 1. The summed E-state index contributed by atoms with van der Waals surface area (Å²) >= 11 is 0. The van der Waals surface area contributed by atoms with Gasteiger partial charge in [-0.1, -0.05) is 0 Å². The summed E-state index contributed by atoms with van der Waals surface area (Å²) in [4.78, 5) is 17.2. The molecule has 19 heavy (non-hydrogen) atoms. The maximum absolute atomic E-state index is 13.5. The first-order valence-electron chi connectivity index (χ1n) is 5.34. The van der Waals surface area contributed by atoms with Crippen LogP contribution in [0, 0.1) is 5.82 Å². The molecule has 9 heteroatoms. The van der Waals surface area contributed by atoms with Crippen LogP contribution in [0.3, 0.4) is 0 Å². The molecule has 0 spiro atoms. The first-order chi connectivity index (χ1) is 9.07. The van der Waals surface area contributed by atoms with Gasteiger partial charge in [-0.2, -0.15) is 9.30 Å². The van der Waals surface area contributed by atoms with Gasteiger partial charge in [-0.25, -0.2) is 22.6 Å². The molecule has 0 aliphatic carbocycles. The minimum atomic E-state index is -4.17. The number of nitrogens with zero attached hydrogens (tertiary/aromatic N) is 3. The molecule has 102 valence electrons. The summed E-state index contributed by atoms with van der Waals surface area (Å²) in [6.07, 6.45) is 1.41. The lowest BCUT2D eigenvalue weighted by atomic mass is 10.4. The van der Waals surface area contributed by atoms with Gasteiger partial charge < -0.3 is 4.74 Å². The normalized spacial score (nSPS) is 20.8. The highest BCUT2D eigenvalue weighted by Crippen LogP contribution is 2.21. The number of aliphatic imine (C=N–C) groups is 1. The van der Waals surface area contributed by atoms with Crippen molar-refractivity contribution in [2.45, 2.75) is 11.2 Å². The van der Waals surface area contributed by atoms with Crippen LogP contribution in [0.2, 0.25) is 0 Å². The van der Waals surface area contributed by atoms with Gasteiger partial charge in [0.25, 0.3) is 10.0 Å². The first-order valence-corrected chi connectivity index (χ1v) is 6.78. The number of sulfonamides is 1. The molecule has 2 rings (SSSR count). The van der Waals surface area contributed by atoms with Crippen LogP contribution in [-0.4, -0.2) is 49.7 Å². The van der Waals surface area contributed by atoms with Gasteiger partial charge in [0.05, 0.1) is 13.2 Å². The van der Waals surface area contributed by atoms with Gasteiger partial charge >= 0.3 is 0 Å². The molecule has 1 aromatic rings. The molecule has 0 aromatic carbocycles. The summed E-state index contributed by atoms with van der Waals surface area (Å²) in [5, 5.41) is -0.692. The van der Waals surface area contributed by atoms with Crippen molar-refractivity contribution in [1.29, 1.82) is 0 Å². The number of rotatable bonds is 3. The van der Waals surface area contributed by atoms with Crippen LogP contribution in [0.1, 0.15) is 0 Å². The molecule has 0 N–H and O–H groups in total. The number of halogens is 1. The van der Waals surface area contributed by atoms with Crippen LogP contribution in [-0.2, 0) is 19.6 Å². The van der Waals surface area contributed by atoms with Crippen molar-refractivity contribution in [3.05, 3.63) is 24.1 Å². The minimum absolute atomic E-state index is 0.0335. The Morgan fingerprint density at radius 3 is 3.05 bits per heavy atom. The second-order valence-corrected chi connectivity index (χ2v) is 5.49. The van der Waals surface area contributed by atoms with Crippen molar-refractivity contribution in [1.82, 2.24) is 9.29 Å². The molecule has 2 heterocycles. The number of pyridine rings is 1. The Kier molecular flexibility index (Phi) is 4.01. The fourth-order valence-corrected chi connectivity index (χ4v) is 3.16. The summed E-state index contributed by atoms with van der Waals surface area (Å²) in [5.41, 5.74) is 0. The fraction of sp³-hybridized carbons (Fsp3) is 0.400. The van der Waals surface area contributed by atoms with Gasteiger partial charge in [0.2, 0.25) is 11.1 Å². The fourth-order valence-electron chi connectivity index (χ4n) is 1.69. The molecule has 1 unspecified atom stereocenters. The van der Waals surface area contributed by atoms with Gasteiger partial charge in [-0.15, -0.1) is 0 Å². The monoisotopic (exact) mass is 287 g/mol. The highest BCUT2D eigenvalue weighted by molar-refractivity contribution is 7.89. The smallest absolute Gasteiger partial charge is 0.265 e. The average molecular weight is 287 g/mol. The van der Waals surface area contributed by atoms with Crippen molar-refractivity contribution in [3.63, 3.8) is 0 Å². The van der Waals surface area contributed by atoms with Crippen molar-refractivity contribution in [2.75, 3.05) is 19.8 Å². The van der Waals surface area contributed by atoms with E-state index in [1.54, 1.807) is 0 Å². The molecule has 1 aliphatic heterocycles. The molecule has 1 saturated heterocycles. The second kappa shape index (κ2) is 5.54. The molecule has 0 amide bonds. The summed E-state index contributed by atoms with van der Waals surface area (Å²) in [5.74, 6) is -0.956. The maximum atomic E-state index is 13.5. The Morgan fingerprint density at radius 2 is 2.37 bits per heavy atom. The van der Waals surface area contributed by atoms with Crippen molar-refractivity contribution >= 4 is 16.1 Å². The second-order valence-electron chi connectivity index (χ2n) is 3.68. The molecule has 0 bridgehead atoms. The maximum Gasteiger partial charge on any atom is 0.265 e. The van der Waals surface area contributed by atoms with E-state index < -0.39 is 27.0 Å². The van der Waals surface area contributed by atoms with Crippen LogP contribution in [0.4, 0.5) is 4.39 Å². The average Bonchev–Trinajstić information content (AvgIpc) is 2.40. The molecule has 1 atom stereocenters. The molecule has 1 fully saturated rings. The highest BCUT2D eigenvalue weighted by Gasteiger charge is 2.36. The lowest BCUT2D eigenvalue weighted by Crippen LogP contribution is -2.48. The summed E-state index contributed by atoms with van der Waals surface area (Å²) in [6.45, 7) is 0.0235. The SMILES string of the molecule is O=C=NC1COCCN1S(=O)(=O)c1ncccc1F. The standard InChI is InChI=1S/C10H10FN3O4S/c11-8-2-1-3-12-10(8)19(16,17)14-4-5-18-6-9(14)13-7-15/h1-3,9H,4-6H2. The number of carbonyl (C=O) groups excluding carboxylic acids is 1. The van der Waals surface area contributed by atoms with Gasteiger partial charge in [0.1, 0.15) is 0 Å². The Labute approximate surface area is 108 Å². The lowest BCUT2D eigenvalue weighted by Gasteiger charge is -2.30. The van der Waals surface area contributed by atoms with E-state index in [0.717, 1.165) is 10.4 Å². The van der Waals surface area contributed by atoms with E-state index in [1.165, 1.54) is 18.3 Å². The van der Waals surface area contributed by atoms with Crippen LogP contribution >= 0.6 is 0 Å². The predicted octanol–water partition coefficient (Wildman–Crippen LogP) is -0.0965. The number of hydrogen-bond acceptors (Lipinski definition) is 6. The summed E-state index contributed by atoms with van der Waals surface area (Å²) in [7, 11) is -4.17. The van der Waals surface area contributed by atoms with Crippen LogP contribution in [0.25, 0.3) is 0 Å². The minimum Gasteiger partial charge on any atom is -0.376 e. The zero-order valence-corrected chi connectivity index (χ0v) is 10.5. The van der Waals surface area contributed by atoms with Gasteiger partial charge in [0, 0.05) is 12.7 Å². The Balaban J connectivity index is 2.43. The Bertz CT molecular complexity index is 615. The third-order valence-electron chi connectivity index (χ3n) is 2.53. The first kappa shape index (κ1) is 13.8. The van der Waals surface area contributed by atoms with Crippen molar-refractivity contribution in [2.24, 2.45) is 4.99 Å². The van der Waals surface area contributed by atoms with Crippen LogP contribution < -0.4 is 0 Å².